The lowest BCUT2D eigenvalue weighted by Crippen LogP contribution is -2.24. The molecule has 0 aromatic heterocycles. The van der Waals surface area contributed by atoms with E-state index in [0.29, 0.717) is 0 Å². The topological polar surface area (TPSA) is 0 Å². The smallest absolute Gasteiger partial charge is 0.0297 e. The molecule has 3 atom stereocenters. The van der Waals surface area contributed by atoms with Crippen molar-refractivity contribution in [2.24, 2.45) is 17.3 Å². The van der Waals surface area contributed by atoms with Crippen molar-refractivity contribution in [3.63, 3.8) is 0 Å². The molecule has 2 rings (SSSR count). The molecule has 0 nitrogen and oxygen atoms in total. The van der Waals surface area contributed by atoms with Crippen LogP contribution in [0.2, 0.25) is 0 Å². The summed E-state index contributed by atoms with van der Waals surface area (Å²) >= 11 is 0. The molecule has 2 aliphatic carbocycles. The number of hydrogen-bond acceptors (Lipinski definition) is 0. The zero-order valence-electron chi connectivity index (χ0n) is 10.0. The van der Waals surface area contributed by atoms with E-state index in [1.807, 2.05) is 0 Å². The third kappa shape index (κ3) is 2.15. The predicted molar refractivity (Wildman–Crippen MR) is 62.3 cm³/mol. The molecule has 2 fully saturated rings. The molecule has 0 heteroatoms. The second-order valence-electron chi connectivity index (χ2n) is 5.81. The molecule has 2 aliphatic rings. The second-order valence-corrected chi connectivity index (χ2v) is 5.81. The lowest BCUT2D eigenvalue weighted by Gasteiger charge is -2.36. The summed E-state index contributed by atoms with van der Waals surface area (Å²) in [7, 11) is 0. The van der Waals surface area contributed by atoms with Crippen LogP contribution in [0.1, 0.15) is 71.6 Å². The molecule has 0 bridgehead atoms. The van der Waals surface area contributed by atoms with Crippen LogP contribution in [-0.2, 0) is 0 Å². The van der Waals surface area contributed by atoms with E-state index in [1.54, 1.807) is 25.7 Å². The predicted octanol–water partition coefficient (Wildman–Crippen LogP) is 4.78. The Labute approximate surface area is 89.5 Å². The van der Waals surface area contributed by atoms with Crippen LogP contribution in [0, 0.1) is 17.3 Å². The van der Waals surface area contributed by atoms with Crippen LogP contribution < -0.4 is 0 Å². The maximum atomic E-state index is 2.43. The quantitative estimate of drug-likeness (QED) is 0.552. The molecule has 0 spiro atoms. The zero-order valence-corrected chi connectivity index (χ0v) is 10.0. The Hall–Kier alpha value is 0. The number of fused-ring (bicyclic) bond motifs is 1. The summed E-state index contributed by atoms with van der Waals surface area (Å²) in [5, 5.41) is 0. The van der Waals surface area contributed by atoms with Crippen molar-refractivity contribution in [1.29, 1.82) is 0 Å². The molecule has 3 unspecified atom stereocenters. The van der Waals surface area contributed by atoms with Gasteiger partial charge in [0.05, 0.1) is 0 Å². The number of unbranched alkanes of at least 4 members (excludes halogenated alkanes) is 2. The van der Waals surface area contributed by atoms with Crippen LogP contribution in [0.15, 0.2) is 0 Å². The first kappa shape index (κ1) is 10.5. The van der Waals surface area contributed by atoms with Crippen LogP contribution in [0.3, 0.4) is 0 Å². The van der Waals surface area contributed by atoms with Gasteiger partial charge in [-0.2, -0.15) is 0 Å². The minimum absolute atomic E-state index is 0.785. The fourth-order valence-electron chi connectivity index (χ4n) is 3.54. The molecule has 82 valence electrons. The van der Waals surface area contributed by atoms with Gasteiger partial charge in [-0.25, -0.2) is 0 Å². The average molecular weight is 194 g/mol. The van der Waals surface area contributed by atoms with Crippen molar-refractivity contribution in [3.05, 3.63) is 0 Å². The van der Waals surface area contributed by atoms with Gasteiger partial charge in [-0.05, 0) is 49.4 Å². The van der Waals surface area contributed by atoms with Gasteiger partial charge in [0.1, 0.15) is 0 Å². The molecule has 2 saturated carbocycles. The van der Waals surface area contributed by atoms with Gasteiger partial charge < -0.3 is 0 Å². The molecule has 0 radical (unpaired) electrons. The summed E-state index contributed by atoms with van der Waals surface area (Å²) in [6.07, 6.45) is 13.6. The first-order valence-electron chi connectivity index (χ1n) is 6.79. The van der Waals surface area contributed by atoms with Gasteiger partial charge in [-0.15, -0.1) is 0 Å². The minimum atomic E-state index is 0.785. The zero-order chi connectivity index (χ0) is 10.0. The number of rotatable bonds is 5. The maximum Gasteiger partial charge on any atom is -0.0297 e. The van der Waals surface area contributed by atoms with E-state index in [2.05, 4.69) is 13.8 Å². The van der Waals surface area contributed by atoms with Crippen LogP contribution >= 0.6 is 0 Å². The Morgan fingerprint density at radius 1 is 1.14 bits per heavy atom. The maximum absolute atomic E-state index is 2.43. The fourth-order valence-corrected chi connectivity index (χ4v) is 3.54. The SMILES string of the molecule is CCCCCC1(CC)CCC2CC2C1. The van der Waals surface area contributed by atoms with Crippen molar-refractivity contribution in [1.82, 2.24) is 0 Å². The molecule has 0 aromatic rings. The molecule has 0 N–H and O–H groups in total. The van der Waals surface area contributed by atoms with E-state index >= 15 is 0 Å². The van der Waals surface area contributed by atoms with Gasteiger partial charge in [0, 0.05) is 0 Å². The number of hydrogen-bond donors (Lipinski definition) is 0. The highest BCUT2D eigenvalue weighted by Gasteiger charge is 2.47. The first-order valence-corrected chi connectivity index (χ1v) is 6.79. The van der Waals surface area contributed by atoms with Crippen LogP contribution in [0.4, 0.5) is 0 Å². The van der Waals surface area contributed by atoms with E-state index in [1.165, 1.54) is 38.0 Å². The van der Waals surface area contributed by atoms with Crippen molar-refractivity contribution in [2.75, 3.05) is 0 Å². The Kier molecular flexibility index (Phi) is 3.19. The fraction of sp³-hybridized carbons (Fsp3) is 1.00. The molecule has 0 heterocycles. The Bertz CT molecular complexity index is 184. The van der Waals surface area contributed by atoms with E-state index in [4.69, 9.17) is 0 Å². The Balaban J connectivity index is 1.82. The van der Waals surface area contributed by atoms with Crippen LogP contribution in [0.25, 0.3) is 0 Å². The normalized spacial score (nSPS) is 40.7. The average Bonchev–Trinajstić information content (AvgIpc) is 2.96. The third-order valence-electron chi connectivity index (χ3n) is 4.87. The van der Waals surface area contributed by atoms with Gasteiger partial charge in [0.15, 0.2) is 0 Å². The van der Waals surface area contributed by atoms with Crippen LogP contribution in [-0.4, -0.2) is 0 Å². The largest absolute Gasteiger partial charge is 0.0654 e. The van der Waals surface area contributed by atoms with Crippen molar-refractivity contribution in [3.8, 4) is 0 Å². The molecular weight excluding hydrogens is 168 g/mol. The van der Waals surface area contributed by atoms with Crippen molar-refractivity contribution in [2.45, 2.75) is 71.6 Å². The summed E-state index contributed by atoms with van der Waals surface area (Å²) in [5.74, 6) is 2.33. The van der Waals surface area contributed by atoms with E-state index < -0.39 is 0 Å². The molecule has 0 amide bonds. The summed E-state index contributed by atoms with van der Waals surface area (Å²) in [6.45, 7) is 4.74. The van der Waals surface area contributed by atoms with E-state index in [9.17, 15) is 0 Å². The van der Waals surface area contributed by atoms with E-state index in [0.717, 1.165) is 11.3 Å². The van der Waals surface area contributed by atoms with Crippen LogP contribution in [0.5, 0.6) is 0 Å². The highest BCUT2D eigenvalue weighted by atomic mass is 14.5. The van der Waals surface area contributed by atoms with Gasteiger partial charge in [-0.3, -0.25) is 0 Å². The molecule has 0 aliphatic heterocycles. The summed E-state index contributed by atoms with van der Waals surface area (Å²) in [4.78, 5) is 0. The molecule has 0 aromatic carbocycles. The van der Waals surface area contributed by atoms with Gasteiger partial charge >= 0.3 is 0 Å². The highest BCUT2D eigenvalue weighted by molar-refractivity contribution is 4.98. The molecule has 14 heavy (non-hydrogen) atoms. The van der Waals surface area contributed by atoms with Crippen molar-refractivity contribution < 1.29 is 0 Å². The standard InChI is InChI=1S/C14H26/c1-3-5-6-8-14(4-2)9-7-12-10-13(12)11-14/h12-13H,3-11H2,1-2H3. The Morgan fingerprint density at radius 3 is 2.64 bits per heavy atom. The Morgan fingerprint density at radius 2 is 2.00 bits per heavy atom. The minimum Gasteiger partial charge on any atom is -0.0654 e. The monoisotopic (exact) mass is 194 g/mol. The summed E-state index contributed by atoms with van der Waals surface area (Å²) in [6, 6.07) is 0. The summed E-state index contributed by atoms with van der Waals surface area (Å²) < 4.78 is 0. The third-order valence-corrected chi connectivity index (χ3v) is 4.87. The van der Waals surface area contributed by atoms with Crippen molar-refractivity contribution >= 4 is 0 Å². The molecular formula is C14H26. The second kappa shape index (κ2) is 4.24. The molecule has 0 saturated heterocycles. The lowest BCUT2D eigenvalue weighted by atomic mass is 9.69. The summed E-state index contributed by atoms with van der Waals surface area (Å²) in [5.41, 5.74) is 0.785. The lowest BCUT2D eigenvalue weighted by molar-refractivity contribution is 0.152. The van der Waals surface area contributed by atoms with Gasteiger partial charge in [0.2, 0.25) is 0 Å². The highest BCUT2D eigenvalue weighted by Crippen LogP contribution is 2.58. The van der Waals surface area contributed by atoms with Gasteiger partial charge in [0.25, 0.3) is 0 Å². The first-order chi connectivity index (χ1) is 6.79. The van der Waals surface area contributed by atoms with Gasteiger partial charge in [-0.1, -0.05) is 39.5 Å². The van der Waals surface area contributed by atoms with E-state index in [-0.39, 0.29) is 0 Å².